The molecule has 90 valence electrons. The molecule has 1 amide bonds. The highest BCUT2D eigenvalue weighted by atomic mass is 32.1. The minimum absolute atomic E-state index is 0.0718. The van der Waals surface area contributed by atoms with Crippen molar-refractivity contribution in [3.63, 3.8) is 0 Å². The third-order valence-electron chi connectivity index (χ3n) is 2.06. The van der Waals surface area contributed by atoms with Gasteiger partial charge in [0.25, 0.3) is 5.91 Å². The lowest BCUT2D eigenvalue weighted by atomic mass is 10.3. The average molecular weight is 242 g/mol. The summed E-state index contributed by atoms with van der Waals surface area (Å²) in [7, 11) is 0. The van der Waals surface area contributed by atoms with Crippen molar-refractivity contribution in [2.24, 2.45) is 0 Å². The van der Waals surface area contributed by atoms with Crippen LogP contribution in [0.5, 0.6) is 0 Å². The van der Waals surface area contributed by atoms with E-state index in [-0.39, 0.29) is 5.91 Å². The Hall–Kier alpha value is -1.01. The highest BCUT2D eigenvalue weighted by Gasteiger charge is 2.13. The van der Waals surface area contributed by atoms with Crippen molar-refractivity contribution < 1.29 is 4.79 Å². The van der Waals surface area contributed by atoms with Crippen LogP contribution in [0, 0.1) is 0 Å². The molecule has 1 rings (SSSR count). The predicted octanol–water partition coefficient (Wildman–Crippen LogP) is 0.828. The maximum Gasteiger partial charge on any atom is 0.264 e. The highest BCUT2D eigenvalue weighted by Crippen LogP contribution is 2.10. The highest BCUT2D eigenvalue weighted by molar-refractivity contribution is 7.08. The van der Waals surface area contributed by atoms with Crippen molar-refractivity contribution in [2.45, 2.75) is 33.2 Å². The van der Waals surface area contributed by atoms with Gasteiger partial charge in [-0.15, -0.1) is 5.10 Å². The van der Waals surface area contributed by atoms with Crippen molar-refractivity contribution in [1.82, 2.24) is 20.2 Å². The van der Waals surface area contributed by atoms with Crippen molar-refractivity contribution >= 4 is 17.4 Å². The molecular weight excluding hydrogens is 224 g/mol. The summed E-state index contributed by atoms with van der Waals surface area (Å²) in [6, 6.07) is 0.438. The van der Waals surface area contributed by atoms with Crippen LogP contribution in [0.1, 0.15) is 36.1 Å². The van der Waals surface area contributed by atoms with Gasteiger partial charge in [0.2, 0.25) is 0 Å². The molecule has 0 aliphatic carbocycles. The largest absolute Gasteiger partial charge is 0.350 e. The van der Waals surface area contributed by atoms with Gasteiger partial charge in [-0.05, 0) is 18.0 Å². The van der Waals surface area contributed by atoms with E-state index < -0.39 is 0 Å². The summed E-state index contributed by atoms with van der Waals surface area (Å²) < 4.78 is 3.79. The normalized spacial score (nSPS) is 10.8. The van der Waals surface area contributed by atoms with E-state index in [1.165, 1.54) is 0 Å². The smallest absolute Gasteiger partial charge is 0.264 e. The number of carbonyl (C=O) groups is 1. The number of aryl methyl sites for hydroxylation is 1. The van der Waals surface area contributed by atoms with Crippen molar-refractivity contribution in [1.29, 1.82) is 0 Å². The minimum Gasteiger partial charge on any atom is -0.350 e. The third kappa shape index (κ3) is 3.86. The molecule has 16 heavy (non-hydrogen) atoms. The van der Waals surface area contributed by atoms with Gasteiger partial charge in [0.05, 0.1) is 5.69 Å². The van der Waals surface area contributed by atoms with Gasteiger partial charge in [0.1, 0.15) is 4.88 Å². The van der Waals surface area contributed by atoms with E-state index >= 15 is 0 Å². The maximum atomic E-state index is 11.7. The Morgan fingerprint density at radius 3 is 2.81 bits per heavy atom. The number of nitrogens with one attached hydrogen (secondary N) is 2. The van der Waals surface area contributed by atoms with Crippen LogP contribution in [0.2, 0.25) is 0 Å². The lowest BCUT2D eigenvalue weighted by Crippen LogP contribution is -2.34. The number of hydrogen-bond donors (Lipinski definition) is 2. The number of hydrogen-bond acceptors (Lipinski definition) is 5. The van der Waals surface area contributed by atoms with Crippen LogP contribution in [0.3, 0.4) is 0 Å². The molecule has 1 aromatic rings. The fourth-order valence-corrected chi connectivity index (χ4v) is 1.90. The Balaban J connectivity index is 2.35. The van der Waals surface area contributed by atoms with Crippen LogP contribution in [0.4, 0.5) is 0 Å². The summed E-state index contributed by atoms with van der Waals surface area (Å²) in [5, 5.41) is 9.98. The molecule has 0 aliphatic heterocycles. The first-order chi connectivity index (χ1) is 7.65. The van der Waals surface area contributed by atoms with Gasteiger partial charge in [0, 0.05) is 19.1 Å². The zero-order chi connectivity index (χ0) is 12.0. The van der Waals surface area contributed by atoms with Crippen LogP contribution in [-0.4, -0.2) is 34.6 Å². The molecular formula is C10H18N4OS. The fourth-order valence-electron chi connectivity index (χ4n) is 1.23. The molecule has 0 saturated carbocycles. The van der Waals surface area contributed by atoms with Crippen LogP contribution < -0.4 is 10.6 Å². The second-order valence-electron chi connectivity index (χ2n) is 3.77. The Labute approximate surface area is 99.8 Å². The number of aromatic nitrogens is 2. The van der Waals surface area contributed by atoms with E-state index in [1.54, 1.807) is 0 Å². The van der Waals surface area contributed by atoms with Crippen LogP contribution in [-0.2, 0) is 6.42 Å². The van der Waals surface area contributed by atoms with E-state index in [1.807, 2.05) is 6.92 Å². The monoisotopic (exact) mass is 242 g/mol. The quantitative estimate of drug-likeness (QED) is 0.725. The number of rotatable bonds is 6. The molecule has 0 bridgehead atoms. The lowest BCUT2D eigenvalue weighted by molar-refractivity contribution is 0.0956. The second-order valence-corrected chi connectivity index (χ2v) is 4.52. The molecule has 1 heterocycles. The summed E-state index contributed by atoms with van der Waals surface area (Å²) in [4.78, 5) is 12.4. The zero-order valence-corrected chi connectivity index (χ0v) is 10.7. The lowest BCUT2D eigenvalue weighted by Gasteiger charge is -2.08. The first-order valence-electron chi connectivity index (χ1n) is 5.48. The number of amides is 1. The van der Waals surface area contributed by atoms with Crippen LogP contribution in [0.15, 0.2) is 0 Å². The third-order valence-corrected chi connectivity index (χ3v) is 2.83. The summed E-state index contributed by atoms with van der Waals surface area (Å²) >= 11 is 1.15. The summed E-state index contributed by atoms with van der Waals surface area (Å²) in [6.45, 7) is 7.51. The van der Waals surface area contributed by atoms with Crippen molar-refractivity contribution in [3.8, 4) is 0 Å². The average Bonchev–Trinajstić information content (AvgIpc) is 2.71. The van der Waals surface area contributed by atoms with E-state index in [0.717, 1.165) is 30.2 Å². The molecule has 2 N–H and O–H groups in total. The molecule has 5 nitrogen and oxygen atoms in total. The Kier molecular flexibility index (Phi) is 5.34. The molecule has 0 unspecified atom stereocenters. The predicted molar refractivity (Wildman–Crippen MR) is 64.8 cm³/mol. The number of carbonyl (C=O) groups excluding carboxylic acids is 1. The van der Waals surface area contributed by atoms with E-state index in [0.29, 0.717) is 17.5 Å². The molecule has 0 aliphatic rings. The van der Waals surface area contributed by atoms with Gasteiger partial charge in [-0.3, -0.25) is 4.79 Å². The minimum atomic E-state index is -0.0718. The zero-order valence-electron chi connectivity index (χ0n) is 9.91. The molecule has 0 radical (unpaired) electrons. The first kappa shape index (κ1) is 13.1. The molecule has 6 heteroatoms. The Morgan fingerprint density at radius 2 is 2.19 bits per heavy atom. The Bertz CT molecular complexity index is 337. The van der Waals surface area contributed by atoms with E-state index in [4.69, 9.17) is 0 Å². The molecule has 0 aromatic carbocycles. The molecule has 0 atom stereocenters. The fraction of sp³-hybridized carbons (Fsp3) is 0.700. The molecule has 0 saturated heterocycles. The second kappa shape index (κ2) is 6.55. The molecule has 1 aromatic heterocycles. The van der Waals surface area contributed by atoms with Crippen molar-refractivity contribution in [3.05, 3.63) is 10.6 Å². The molecule has 0 fully saturated rings. The van der Waals surface area contributed by atoms with Gasteiger partial charge in [-0.25, -0.2) is 0 Å². The van der Waals surface area contributed by atoms with Gasteiger partial charge >= 0.3 is 0 Å². The summed E-state index contributed by atoms with van der Waals surface area (Å²) in [6.07, 6.45) is 0.740. The van der Waals surface area contributed by atoms with E-state index in [2.05, 4.69) is 34.1 Å². The van der Waals surface area contributed by atoms with E-state index in [9.17, 15) is 4.79 Å². The van der Waals surface area contributed by atoms with Gasteiger partial charge in [-0.2, -0.15) is 0 Å². The van der Waals surface area contributed by atoms with Gasteiger partial charge in [-0.1, -0.05) is 25.3 Å². The maximum absolute atomic E-state index is 11.7. The Morgan fingerprint density at radius 1 is 1.44 bits per heavy atom. The first-order valence-corrected chi connectivity index (χ1v) is 6.25. The SMILES string of the molecule is CCc1nnsc1C(=O)NCCNC(C)C. The van der Waals surface area contributed by atoms with Crippen molar-refractivity contribution in [2.75, 3.05) is 13.1 Å². The van der Waals surface area contributed by atoms with Crippen LogP contribution in [0.25, 0.3) is 0 Å². The number of nitrogens with zero attached hydrogens (tertiary/aromatic N) is 2. The van der Waals surface area contributed by atoms with Gasteiger partial charge < -0.3 is 10.6 Å². The topological polar surface area (TPSA) is 66.9 Å². The summed E-state index contributed by atoms with van der Waals surface area (Å²) in [5.74, 6) is -0.0718. The van der Waals surface area contributed by atoms with Gasteiger partial charge in [0.15, 0.2) is 0 Å². The standard InChI is InChI=1S/C10H18N4OS/c1-4-8-9(16-14-13-8)10(15)12-6-5-11-7(2)3/h7,11H,4-6H2,1-3H3,(H,12,15). The van der Waals surface area contributed by atoms with Crippen LogP contribution >= 0.6 is 11.5 Å². The molecule has 0 spiro atoms. The summed E-state index contributed by atoms with van der Waals surface area (Å²) in [5.41, 5.74) is 0.777.